The number of nitrogens with zero attached hydrogens (tertiary/aromatic N) is 3. The van der Waals surface area contributed by atoms with E-state index < -0.39 is 0 Å². The predicted octanol–water partition coefficient (Wildman–Crippen LogP) is 3.14. The molecule has 4 nitrogen and oxygen atoms in total. The van der Waals surface area contributed by atoms with Crippen LogP contribution in [0.3, 0.4) is 0 Å². The van der Waals surface area contributed by atoms with Crippen LogP contribution >= 0.6 is 0 Å². The van der Waals surface area contributed by atoms with Gasteiger partial charge in [-0.2, -0.15) is 0 Å². The van der Waals surface area contributed by atoms with Gasteiger partial charge in [-0.3, -0.25) is 4.79 Å². The molecule has 22 heavy (non-hydrogen) atoms. The normalized spacial score (nSPS) is 20.1. The van der Waals surface area contributed by atoms with Crippen molar-refractivity contribution < 1.29 is 4.79 Å². The van der Waals surface area contributed by atoms with Gasteiger partial charge in [0.05, 0.1) is 0 Å². The summed E-state index contributed by atoms with van der Waals surface area (Å²) in [5, 5.41) is 1.09. The molecule has 0 aromatic carbocycles. The van der Waals surface area contributed by atoms with E-state index in [1.54, 1.807) is 6.20 Å². The van der Waals surface area contributed by atoms with Crippen molar-refractivity contribution in [2.45, 2.75) is 38.0 Å². The monoisotopic (exact) mass is 295 g/mol. The van der Waals surface area contributed by atoms with E-state index in [9.17, 15) is 4.79 Å². The fraction of sp³-hybridized carbons (Fsp3) is 0.500. The minimum absolute atomic E-state index is 0.319. The van der Waals surface area contributed by atoms with E-state index in [1.165, 1.54) is 6.42 Å². The Hall–Kier alpha value is -1.97. The second kappa shape index (κ2) is 5.67. The lowest BCUT2D eigenvalue weighted by atomic mass is 9.83. The van der Waals surface area contributed by atoms with Crippen molar-refractivity contribution >= 4 is 16.9 Å². The number of amides is 1. The summed E-state index contributed by atoms with van der Waals surface area (Å²) in [7, 11) is 0. The van der Waals surface area contributed by atoms with Gasteiger partial charge in [0, 0.05) is 42.2 Å². The summed E-state index contributed by atoms with van der Waals surface area (Å²) in [6, 6.07) is 8.21. The third-order valence-electron chi connectivity index (χ3n) is 5.16. The van der Waals surface area contributed by atoms with E-state index in [0.29, 0.717) is 17.7 Å². The molecule has 1 saturated heterocycles. The Bertz CT molecular complexity index is 688. The Morgan fingerprint density at radius 3 is 2.64 bits per heavy atom. The number of carbonyl (C=O) groups is 1. The molecule has 0 atom stereocenters. The highest BCUT2D eigenvalue weighted by Gasteiger charge is 2.32. The van der Waals surface area contributed by atoms with Crippen LogP contribution in [0.1, 0.15) is 43.7 Å². The van der Waals surface area contributed by atoms with Gasteiger partial charge in [0.2, 0.25) is 5.91 Å². The third kappa shape index (κ3) is 2.47. The van der Waals surface area contributed by atoms with Crippen molar-refractivity contribution in [2.24, 2.45) is 5.92 Å². The van der Waals surface area contributed by atoms with Gasteiger partial charge in [-0.15, -0.1) is 0 Å². The predicted molar refractivity (Wildman–Crippen MR) is 85.4 cm³/mol. The molecule has 0 spiro atoms. The lowest BCUT2D eigenvalue weighted by Gasteiger charge is -2.36. The first-order valence-corrected chi connectivity index (χ1v) is 8.32. The van der Waals surface area contributed by atoms with E-state index in [1.807, 2.05) is 12.1 Å². The van der Waals surface area contributed by atoms with Crippen LogP contribution in [0.25, 0.3) is 11.0 Å². The molecule has 114 valence electrons. The molecule has 4 rings (SSSR count). The largest absolute Gasteiger partial charge is 0.342 e. The summed E-state index contributed by atoms with van der Waals surface area (Å²) in [4.78, 5) is 23.4. The smallest absolute Gasteiger partial charge is 0.225 e. The Balaban J connectivity index is 1.44. The molecule has 1 amide bonds. The molecule has 1 saturated carbocycles. The van der Waals surface area contributed by atoms with Crippen LogP contribution < -0.4 is 0 Å². The standard InChI is InChI=1S/C18H21N3O/c22-18(15-3-1-4-15)21-11-8-13(9-12-21)16-7-6-14-5-2-10-19-17(14)20-16/h2,5-7,10,13,15H,1,3-4,8-9,11-12H2. The second-order valence-corrected chi connectivity index (χ2v) is 6.51. The molecule has 1 aliphatic heterocycles. The zero-order valence-electron chi connectivity index (χ0n) is 12.7. The van der Waals surface area contributed by atoms with Gasteiger partial charge >= 0.3 is 0 Å². The number of hydrogen-bond acceptors (Lipinski definition) is 3. The minimum atomic E-state index is 0.319. The fourth-order valence-corrected chi connectivity index (χ4v) is 3.50. The van der Waals surface area contributed by atoms with Crippen LogP contribution in [0, 0.1) is 5.92 Å². The second-order valence-electron chi connectivity index (χ2n) is 6.51. The molecule has 1 aliphatic carbocycles. The number of aromatic nitrogens is 2. The molecule has 2 aromatic rings. The molecule has 2 aliphatic rings. The topological polar surface area (TPSA) is 46.1 Å². The van der Waals surface area contributed by atoms with Gasteiger partial charge in [0.25, 0.3) is 0 Å². The van der Waals surface area contributed by atoms with Crippen LogP contribution in [-0.2, 0) is 4.79 Å². The maximum Gasteiger partial charge on any atom is 0.225 e. The van der Waals surface area contributed by atoms with Gasteiger partial charge in [-0.05, 0) is 49.9 Å². The maximum atomic E-state index is 12.3. The summed E-state index contributed by atoms with van der Waals surface area (Å²) in [5.41, 5.74) is 1.95. The van der Waals surface area contributed by atoms with E-state index in [4.69, 9.17) is 4.98 Å². The summed E-state index contributed by atoms with van der Waals surface area (Å²) < 4.78 is 0. The number of fused-ring (bicyclic) bond motifs is 1. The third-order valence-corrected chi connectivity index (χ3v) is 5.16. The average Bonchev–Trinajstić information content (AvgIpc) is 2.53. The van der Waals surface area contributed by atoms with E-state index >= 15 is 0 Å². The van der Waals surface area contributed by atoms with Gasteiger partial charge in [-0.1, -0.05) is 6.42 Å². The molecule has 0 radical (unpaired) electrons. The van der Waals surface area contributed by atoms with E-state index in [-0.39, 0.29) is 0 Å². The maximum absolute atomic E-state index is 12.3. The zero-order valence-corrected chi connectivity index (χ0v) is 12.7. The molecule has 2 fully saturated rings. The SMILES string of the molecule is O=C(C1CCC1)N1CCC(c2ccc3cccnc3n2)CC1. The Morgan fingerprint density at radius 1 is 1.09 bits per heavy atom. The molecule has 0 N–H and O–H groups in total. The molecular weight excluding hydrogens is 274 g/mol. The number of piperidine rings is 1. The van der Waals surface area contributed by atoms with Crippen molar-refractivity contribution in [1.82, 2.24) is 14.9 Å². The average molecular weight is 295 g/mol. The van der Waals surface area contributed by atoms with Crippen LogP contribution in [0.5, 0.6) is 0 Å². The van der Waals surface area contributed by atoms with Crippen molar-refractivity contribution in [3.8, 4) is 0 Å². The molecule has 2 aromatic heterocycles. The lowest BCUT2D eigenvalue weighted by molar-refractivity contribution is -0.139. The molecule has 0 unspecified atom stereocenters. The van der Waals surface area contributed by atoms with Crippen molar-refractivity contribution in [3.63, 3.8) is 0 Å². The number of likely N-dealkylation sites (tertiary alicyclic amines) is 1. The highest BCUT2D eigenvalue weighted by atomic mass is 16.2. The number of hydrogen-bond donors (Lipinski definition) is 0. The summed E-state index contributed by atoms with van der Waals surface area (Å²) in [6.45, 7) is 1.75. The first-order valence-electron chi connectivity index (χ1n) is 8.32. The zero-order chi connectivity index (χ0) is 14.9. The van der Waals surface area contributed by atoms with Crippen LogP contribution in [0.4, 0.5) is 0 Å². The van der Waals surface area contributed by atoms with Gasteiger partial charge in [0.1, 0.15) is 0 Å². The van der Waals surface area contributed by atoms with Crippen LogP contribution in [-0.4, -0.2) is 33.9 Å². The number of carbonyl (C=O) groups excluding carboxylic acids is 1. The Kier molecular flexibility index (Phi) is 3.53. The first kappa shape index (κ1) is 13.7. The van der Waals surface area contributed by atoms with Gasteiger partial charge < -0.3 is 4.90 Å². The van der Waals surface area contributed by atoms with Crippen molar-refractivity contribution in [2.75, 3.05) is 13.1 Å². The summed E-state index contributed by atoms with van der Waals surface area (Å²) in [6.07, 6.45) is 7.24. The Morgan fingerprint density at radius 2 is 1.91 bits per heavy atom. The molecular formula is C18H21N3O. The van der Waals surface area contributed by atoms with E-state index in [0.717, 1.165) is 55.5 Å². The van der Waals surface area contributed by atoms with Crippen LogP contribution in [0.2, 0.25) is 0 Å². The summed E-state index contributed by atoms with van der Waals surface area (Å²) in [5.74, 6) is 1.16. The van der Waals surface area contributed by atoms with Crippen molar-refractivity contribution in [3.05, 3.63) is 36.2 Å². The fourth-order valence-electron chi connectivity index (χ4n) is 3.50. The summed E-state index contributed by atoms with van der Waals surface area (Å²) >= 11 is 0. The van der Waals surface area contributed by atoms with Crippen LogP contribution in [0.15, 0.2) is 30.5 Å². The first-order chi connectivity index (χ1) is 10.8. The number of rotatable bonds is 2. The molecule has 4 heteroatoms. The lowest BCUT2D eigenvalue weighted by Crippen LogP contribution is -2.43. The van der Waals surface area contributed by atoms with E-state index in [2.05, 4.69) is 22.0 Å². The quantitative estimate of drug-likeness (QED) is 0.855. The highest BCUT2D eigenvalue weighted by molar-refractivity contribution is 5.79. The highest BCUT2D eigenvalue weighted by Crippen LogP contribution is 2.32. The van der Waals surface area contributed by atoms with Gasteiger partial charge in [-0.25, -0.2) is 9.97 Å². The molecule has 0 bridgehead atoms. The molecule has 3 heterocycles. The van der Waals surface area contributed by atoms with Crippen molar-refractivity contribution in [1.29, 1.82) is 0 Å². The van der Waals surface area contributed by atoms with Gasteiger partial charge in [0.15, 0.2) is 5.65 Å². The number of pyridine rings is 2. The Labute approximate surface area is 130 Å². The minimum Gasteiger partial charge on any atom is -0.342 e.